The van der Waals surface area contributed by atoms with E-state index in [4.69, 9.17) is 9.47 Å². The van der Waals surface area contributed by atoms with Crippen LogP contribution >= 0.6 is 15.9 Å². The van der Waals surface area contributed by atoms with Crippen LogP contribution in [0.1, 0.15) is 18.4 Å². The minimum absolute atomic E-state index is 0.390. The van der Waals surface area contributed by atoms with Gasteiger partial charge in [0.15, 0.2) is 11.5 Å². The Morgan fingerprint density at radius 1 is 1.59 bits per heavy atom. The Balaban J connectivity index is 2.19. The predicted octanol–water partition coefficient (Wildman–Crippen LogP) is 3.07. The van der Waals surface area contributed by atoms with E-state index in [0.717, 1.165) is 23.0 Å². The number of carboxylic acid groups (broad SMARTS) is 1. The largest absolute Gasteiger partial charge is 0.493 e. The first-order chi connectivity index (χ1) is 10.6. The van der Waals surface area contributed by atoms with Crippen molar-refractivity contribution in [2.45, 2.75) is 25.4 Å². The summed E-state index contributed by atoms with van der Waals surface area (Å²) in [4.78, 5) is 13.2. The minimum Gasteiger partial charge on any atom is -0.493 e. The second-order valence-electron chi connectivity index (χ2n) is 5.18. The number of methoxy groups -OCH3 is 1. The molecule has 0 aliphatic carbocycles. The molecule has 0 aromatic heterocycles. The fourth-order valence-corrected chi connectivity index (χ4v) is 3.28. The number of aliphatic carboxylic acids is 1. The molecule has 1 saturated heterocycles. The van der Waals surface area contributed by atoms with Gasteiger partial charge in [-0.15, -0.1) is 0 Å². The van der Waals surface area contributed by atoms with Crippen LogP contribution < -0.4 is 9.47 Å². The summed E-state index contributed by atoms with van der Waals surface area (Å²) in [5, 5.41) is 9.25. The molecule has 1 aliphatic heterocycles. The molecule has 1 fully saturated rings. The lowest BCUT2D eigenvalue weighted by atomic mass is 10.1. The first-order valence-electron chi connectivity index (χ1n) is 7.13. The number of hydrogen-bond acceptors (Lipinski definition) is 4. The minimum atomic E-state index is -0.755. The first kappa shape index (κ1) is 16.8. The van der Waals surface area contributed by atoms with Crippen LogP contribution in [-0.4, -0.2) is 42.3 Å². The van der Waals surface area contributed by atoms with Gasteiger partial charge in [-0.3, -0.25) is 9.69 Å². The van der Waals surface area contributed by atoms with Crippen molar-refractivity contribution >= 4 is 21.9 Å². The monoisotopic (exact) mass is 369 g/mol. The topological polar surface area (TPSA) is 59.0 Å². The summed E-state index contributed by atoms with van der Waals surface area (Å²) in [6, 6.07) is 3.43. The Bertz CT molecular complexity index is 561. The smallest absolute Gasteiger partial charge is 0.320 e. The van der Waals surface area contributed by atoms with Gasteiger partial charge in [0.1, 0.15) is 12.6 Å². The second kappa shape index (κ2) is 7.65. The summed E-state index contributed by atoms with van der Waals surface area (Å²) in [7, 11) is 1.59. The molecule has 5 nitrogen and oxygen atoms in total. The zero-order chi connectivity index (χ0) is 16.1. The molecule has 120 valence electrons. The van der Waals surface area contributed by atoms with E-state index >= 15 is 0 Å². The van der Waals surface area contributed by atoms with Crippen molar-refractivity contribution in [1.82, 2.24) is 4.90 Å². The van der Waals surface area contributed by atoms with E-state index in [1.807, 2.05) is 17.0 Å². The standard InChI is InChI=1S/C16H20BrNO4/c1-3-7-22-15-12(17)8-11(9-14(15)21-2)10-18-6-4-5-13(18)16(19)20/h3,8-9,13H,1,4-7,10H2,2H3,(H,19,20)/t13-/m0/s1. The van der Waals surface area contributed by atoms with Gasteiger partial charge in [0, 0.05) is 6.54 Å². The maximum atomic E-state index is 11.3. The van der Waals surface area contributed by atoms with Crippen LogP contribution in [0.4, 0.5) is 0 Å². The van der Waals surface area contributed by atoms with Crippen LogP contribution in [0.25, 0.3) is 0 Å². The van der Waals surface area contributed by atoms with Crippen LogP contribution in [0.2, 0.25) is 0 Å². The molecule has 1 aromatic rings. The summed E-state index contributed by atoms with van der Waals surface area (Å²) in [5.74, 6) is 0.495. The molecule has 1 N–H and O–H groups in total. The molecule has 0 bridgehead atoms. The zero-order valence-corrected chi connectivity index (χ0v) is 14.1. The lowest BCUT2D eigenvalue weighted by molar-refractivity contribution is -0.142. The second-order valence-corrected chi connectivity index (χ2v) is 6.03. The number of nitrogens with zero attached hydrogens (tertiary/aromatic N) is 1. The predicted molar refractivity (Wildman–Crippen MR) is 87.5 cm³/mol. The van der Waals surface area contributed by atoms with Crippen LogP contribution in [0.3, 0.4) is 0 Å². The molecule has 22 heavy (non-hydrogen) atoms. The van der Waals surface area contributed by atoms with Crippen molar-refractivity contribution in [2.75, 3.05) is 20.3 Å². The molecule has 1 aliphatic rings. The van der Waals surface area contributed by atoms with Crippen LogP contribution in [-0.2, 0) is 11.3 Å². The Morgan fingerprint density at radius 3 is 3.00 bits per heavy atom. The molecule has 2 rings (SSSR count). The van der Waals surface area contributed by atoms with E-state index < -0.39 is 12.0 Å². The van der Waals surface area contributed by atoms with Crippen molar-refractivity contribution in [1.29, 1.82) is 0 Å². The third kappa shape index (κ3) is 3.81. The SMILES string of the molecule is C=CCOc1c(Br)cc(CN2CCC[C@H]2C(=O)O)cc1OC. The molecule has 1 atom stereocenters. The van der Waals surface area contributed by atoms with E-state index in [9.17, 15) is 9.90 Å². The lowest BCUT2D eigenvalue weighted by Crippen LogP contribution is -2.35. The molecule has 0 unspecified atom stereocenters. The molecule has 0 saturated carbocycles. The highest BCUT2D eigenvalue weighted by molar-refractivity contribution is 9.10. The zero-order valence-electron chi connectivity index (χ0n) is 12.5. The van der Waals surface area contributed by atoms with E-state index in [0.29, 0.717) is 31.1 Å². The summed E-state index contributed by atoms with van der Waals surface area (Å²) in [6.45, 7) is 5.39. The Labute approximate surface area is 138 Å². The van der Waals surface area contributed by atoms with Gasteiger partial charge in [0.2, 0.25) is 0 Å². The molecule has 6 heteroatoms. The van der Waals surface area contributed by atoms with Crippen LogP contribution in [0.5, 0.6) is 11.5 Å². The first-order valence-corrected chi connectivity index (χ1v) is 7.93. The average molecular weight is 370 g/mol. The number of likely N-dealkylation sites (tertiary alicyclic amines) is 1. The third-order valence-electron chi connectivity index (χ3n) is 3.67. The van der Waals surface area contributed by atoms with Crippen molar-refractivity contribution in [3.63, 3.8) is 0 Å². The number of carbonyl (C=O) groups is 1. The Kier molecular flexibility index (Phi) is 5.85. The highest BCUT2D eigenvalue weighted by atomic mass is 79.9. The summed E-state index contributed by atoms with van der Waals surface area (Å²) in [5.41, 5.74) is 0.989. The summed E-state index contributed by atoms with van der Waals surface area (Å²) < 4.78 is 11.8. The molecule has 1 heterocycles. The summed E-state index contributed by atoms with van der Waals surface area (Å²) >= 11 is 3.49. The van der Waals surface area contributed by atoms with Crippen molar-refractivity contribution in [2.24, 2.45) is 0 Å². The van der Waals surface area contributed by atoms with Gasteiger partial charge in [-0.1, -0.05) is 12.7 Å². The van der Waals surface area contributed by atoms with Gasteiger partial charge >= 0.3 is 5.97 Å². The highest BCUT2D eigenvalue weighted by Crippen LogP contribution is 2.37. The van der Waals surface area contributed by atoms with Crippen LogP contribution in [0, 0.1) is 0 Å². The molecular weight excluding hydrogens is 350 g/mol. The molecule has 0 spiro atoms. The highest BCUT2D eigenvalue weighted by Gasteiger charge is 2.30. The normalized spacial score (nSPS) is 18.2. The van der Waals surface area contributed by atoms with E-state index in [1.54, 1.807) is 13.2 Å². The summed E-state index contributed by atoms with van der Waals surface area (Å²) in [6.07, 6.45) is 3.28. The van der Waals surface area contributed by atoms with Crippen molar-refractivity contribution < 1.29 is 19.4 Å². The number of carboxylic acids is 1. The molecule has 0 amide bonds. The van der Waals surface area contributed by atoms with E-state index in [-0.39, 0.29) is 0 Å². The number of benzene rings is 1. The maximum Gasteiger partial charge on any atom is 0.320 e. The average Bonchev–Trinajstić information content (AvgIpc) is 2.94. The van der Waals surface area contributed by atoms with Gasteiger partial charge in [-0.2, -0.15) is 0 Å². The number of ether oxygens (including phenoxy) is 2. The van der Waals surface area contributed by atoms with E-state index in [1.165, 1.54) is 0 Å². The van der Waals surface area contributed by atoms with Gasteiger partial charge in [-0.25, -0.2) is 0 Å². The number of hydrogen-bond donors (Lipinski definition) is 1. The molecule has 1 aromatic carbocycles. The fraction of sp³-hybridized carbons (Fsp3) is 0.438. The van der Waals surface area contributed by atoms with Gasteiger partial charge in [0.25, 0.3) is 0 Å². The van der Waals surface area contributed by atoms with Gasteiger partial charge in [-0.05, 0) is 53.0 Å². The van der Waals surface area contributed by atoms with Crippen molar-refractivity contribution in [3.05, 3.63) is 34.8 Å². The number of halogens is 1. The Morgan fingerprint density at radius 2 is 2.36 bits per heavy atom. The quantitative estimate of drug-likeness (QED) is 0.748. The third-order valence-corrected chi connectivity index (χ3v) is 4.26. The molecular formula is C16H20BrNO4. The molecule has 0 radical (unpaired) electrons. The van der Waals surface area contributed by atoms with Gasteiger partial charge in [0.05, 0.1) is 11.6 Å². The maximum absolute atomic E-state index is 11.3. The lowest BCUT2D eigenvalue weighted by Gasteiger charge is -2.22. The fourth-order valence-electron chi connectivity index (χ4n) is 2.68. The van der Waals surface area contributed by atoms with E-state index in [2.05, 4.69) is 22.5 Å². The van der Waals surface area contributed by atoms with Crippen molar-refractivity contribution in [3.8, 4) is 11.5 Å². The van der Waals surface area contributed by atoms with Crippen LogP contribution in [0.15, 0.2) is 29.3 Å². The van der Waals surface area contributed by atoms with Gasteiger partial charge < -0.3 is 14.6 Å². The Hall–Kier alpha value is -1.53. The number of rotatable bonds is 7.